The number of nitrogens with two attached hydrogens (primary N) is 1. The second kappa shape index (κ2) is 5.45. The van der Waals surface area contributed by atoms with Crippen molar-refractivity contribution in [2.24, 2.45) is 11.7 Å². The number of hydrogen-bond donors (Lipinski definition) is 2. The Balaban J connectivity index is 2.16. The van der Waals surface area contributed by atoms with Gasteiger partial charge in [0.05, 0.1) is 13.0 Å². The van der Waals surface area contributed by atoms with Gasteiger partial charge in [0, 0.05) is 17.3 Å². The van der Waals surface area contributed by atoms with Gasteiger partial charge in [-0.3, -0.25) is 4.79 Å². The number of benzene rings is 1. The minimum Gasteiger partial charge on any atom is -0.496 e. The van der Waals surface area contributed by atoms with Gasteiger partial charge >= 0.3 is 0 Å². The van der Waals surface area contributed by atoms with Crippen LogP contribution in [0.2, 0.25) is 0 Å². The molecule has 3 N–H and O–H groups in total. The Morgan fingerprint density at radius 3 is 2.68 bits per heavy atom. The molecule has 102 valence electrons. The van der Waals surface area contributed by atoms with Crippen molar-refractivity contribution in [3.63, 3.8) is 0 Å². The van der Waals surface area contributed by atoms with E-state index in [1.807, 2.05) is 38.1 Å². The summed E-state index contributed by atoms with van der Waals surface area (Å²) in [5, 5.41) is 2.95. The summed E-state index contributed by atoms with van der Waals surface area (Å²) in [6.07, 6.45) is 4.43. The summed E-state index contributed by atoms with van der Waals surface area (Å²) >= 11 is 0. The maximum absolute atomic E-state index is 12.1. The summed E-state index contributed by atoms with van der Waals surface area (Å²) < 4.78 is 5.36. The SMILES string of the molecule is COc1c(C)ccc(NC(=O)C2C=CC(N)C2)c1C. The number of carbonyl (C=O) groups excluding carboxylic acids is 1. The first-order chi connectivity index (χ1) is 9.02. The Kier molecular flexibility index (Phi) is 3.90. The summed E-state index contributed by atoms with van der Waals surface area (Å²) in [5.41, 5.74) is 8.56. The van der Waals surface area contributed by atoms with Gasteiger partial charge in [-0.1, -0.05) is 18.2 Å². The molecule has 0 aliphatic heterocycles. The van der Waals surface area contributed by atoms with Crippen LogP contribution in [-0.2, 0) is 4.79 Å². The van der Waals surface area contributed by atoms with E-state index in [9.17, 15) is 4.79 Å². The van der Waals surface area contributed by atoms with E-state index in [2.05, 4.69) is 5.32 Å². The lowest BCUT2D eigenvalue weighted by Crippen LogP contribution is -2.24. The smallest absolute Gasteiger partial charge is 0.231 e. The number of ether oxygens (including phenoxy) is 1. The van der Waals surface area contributed by atoms with Crippen molar-refractivity contribution >= 4 is 11.6 Å². The average Bonchev–Trinajstić information content (AvgIpc) is 2.80. The van der Waals surface area contributed by atoms with Gasteiger partial charge in [0.25, 0.3) is 0 Å². The molecule has 19 heavy (non-hydrogen) atoms. The molecule has 1 aromatic rings. The monoisotopic (exact) mass is 260 g/mol. The van der Waals surface area contributed by atoms with Crippen molar-refractivity contribution in [2.45, 2.75) is 26.3 Å². The minimum atomic E-state index is -0.137. The highest BCUT2D eigenvalue weighted by Gasteiger charge is 2.23. The van der Waals surface area contributed by atoms with Gasteiger partial charge in [0.2, 0.25) is 5.91 Å². The Hall–Kier alpha value is -1.81. The number of anilines is 1. The predicted molar refractivity (Wildman–Crippen MR) is 76.3 cm³/mol. The zero-order valence-corrected chi connectivity index (χ0v) is 11.6. The third-order valence-corrected chi connectivity index (χ3v) is 3.52. The van der Waals surface area contributed by atoms with E-state index < -0.39 is 0 Å². The molecule has 0 bridgehead atoms. The molecule has 1 aliphatic rings. The van der Waals surface area contributed by atoms with Crippen molar-refractivity contribution in [3.8, 4) is 5.75 Å². The number of methoxy groups -OCH3 is 1. The number of amides is 1. The normalized spacial score (nSPS) is 21.5. The molecule has 0 heterocycles. The lowest BCUT2D eigenvalue weighted by molar-refractivity contribution is -0.118. The van der Waals surface area contributed by atoms with Gasteiger partial charge in [0.15, 0.2) is 0 Å². The zero-order valence-electron chi connectivity index (χ0n) is 11.6. The van der Waals surface area contributed by atoms with Gasteiger partial charge in [-0.25, -0.2) is 0 Å². The molecule has 2 unspecified atom stereocenters. The lowest BCUT2D eigenvalue weighted by atomic mass is 10.1. The van der Waals surface area contributed by atoms with E-state index >= 15 is 0 Å². The first-order valence-corrected chi connectivity index (χ1v) is 6.42. The van der Waals surface area contributed by atoms with E-state index in [1.54, 1.807) is 7.11 Å². The Bertz CT molecular complexity index is 523. The number of hydrogen-bond acceptors (Lipinski definition) is 3. The number of nitrogens with one attached hydrogen (secondary N) is 1. The second-order valence-electron chi connectivity index (χ2n) is 4.97. The highest BCUT2D eigenvalue weighted by molar-refractivity contribution is 5.95. The van der Waals surface area contributed by atoms with Crippen LogP contribution in [0.1, 0.15) is 17.5 Å². The maximum atomic E-state index is 12.1. The van der Waals surface area contributed by atoms with Gasteiger partial charge in [-0.05, 0) is 31.9 Å². The summed E-state index contributed by atoms with van der Waals surface area (Å²) in [4.78, 5) is 12.1. The van der Waals surface area contributed by atoms with Crippen LogP contribution in [-0.4, -0.2) is 19.1 Å². The van der Waals surface area contributed by atoms with Crippen molar-refractivity contribution in [1.29, 1.82) is 0 Å². The van der Waals surface area contributed by atoms with E-state index in [4.69, 9.17) is 10.5 Å². The molecule has 4 heteroatoms. The third-order valence-electron chi connectivity index (χ3n) is 3.52. The van der Waals surface area contributed by atoms with Gasteiger partial charge in [-0.2, -0.15) is 0 Å². The standard InChI is InChI=1S/C15H20N2O2/c1-9-4-7-13(10(2)14(9)19-3)17-15(18)11-5-6-12(16)8-11/h4-7,11-12H,8,16H2,1-3H3,(H,17,18). The minimum absolute atomic E-state index is 0.00981. The molecule has 1 aliphatic carbocycles. The van der Waals surface area contributed by atoms with Crippen LogP contribution in [0.4, 0.5) is 5.69 Å². The van der Waals surface area contributed by atoms with E-state index in [0.717, 1.165) is 22.6 Å². The summed E-state index contributed by atoms with van der Waals surface area (Å²) in [5.74, 6) is 0.663. The first-order valence-electron chi connectivity index (χ1n) is 6.42. The third kappa shape index (κ3) is 2.79. The molecule has 0 radical (unpaired) electrons. The van der Waals surface area contributed by atoms with Gasteiger partial charge in [-0.15, -0.1) is 0 Å². The first kappa shape index (κ1) is 13.6. The summed E-state index contributed by atoms with van der Waals surface area (Å²) in [6, 6.07) is 3.84. The lowest BCUT2D eigenvalue weighted by Gasteiger charge is -2.16. The van der Waals surface area contributed by atoms with Crippen molar-refractivity contribution in [2.75, 3.05) is 12.4 Å². The Morgan fingerprint density at radius 2 is 2.11 bits per heavy atom. The van der Waals surface area contributed by atoms with Crippen molar-refractivity contribution in [3.05, 3.63) is 35.4 Å². The fraction of sp³-hybridized carbons (Fsp3) is 0.400. The van der Waals surface area contributed by atoms with Crippen LogP contribution in [0, 0.1) is 19.8 Å². The van der Waals surface area contributed by atoms with E-state index in [1.165, 1.54) is 0 Å². The molecule has 2 rings (SSSR count). The zero-order chi connectivity index (χ0) is 14.0. The molecule has 0 spiro atoms. The predicted octanol–water partition coefficient (Wildman–Crippen LogP) is 2.15. The molecule has 0 fully saturated rings. The largest absolute Gasteiger partial charge is 0.496 e. The van der Waals surface area contributed by atoms with Gasteiger partial charge in [0.1, 0.15) is 5.75 Å². The maximum Gasteiger partial charge on any atom is 0.231 e. The average molecular weight is 260 g/mol. The van der Waals surface area contributed by atoms with Crippen molar-refractivity contribution < 1.29 is 9.53 Å². The fourth-order valence-electron chi connectivity index (χ4n) is 2.42. The quantitative estimate of drug-likeness (QED) is 0.818. The summed E-state index contributed by atoms with van der Waals surface area (Å²) in [7, 11) is 1.64. The Labute approximate surface area is 113 Å². The highest BCUT2D eigenvalue weighted by Crippen LogP contribution is 2.30. The molecular formula is C15H20N2O2. The highest BCUT2D eigenvalue weighted by atomic mass is 16.5. The summed E-state index contributed by atoms with van der Waals surface area (Å²) in [6.45, 7) is 3.92. The molecule has 1 aromatic carbocycles. The van der Waals surface area contributed by atoms with Crippen LogP contribution in [0.25, 0.3) is 0 Å². The number of rotatable bonds is 3. The van der Waals surface area contributed by atoms with Crippen molar-refractivity contribution in [1.82, 2.24) is 0 Å². The number of carbonyl (C=O) groups is 1. The fourth-order valence-corrected chi connectivity index (χ4v) is 2.42. The van der Waals surface area contributed by atoms with E-state index in [0.29, 0.717) is 6.42 Å². The topological polar surface area (TPSA) is 64.3 Å². The number of aryl methyl sites for hydroxylation is 1. The molecule has 0 saturated carbocycles. The van der Waals surface area contributed by atoms with Crippen LogP contribution in [0.3, 0.4) is 0 Å². The molecule has 1 amide bonds. The van der Waals surface area contributed by atoms with Crippen LogP contribution in [0.5, 0.6) is 5.75 Å². The molecule has 4 nitrogen and oxygen atoms in total. The molecular weight excluding hydrogens is 240 g/mol. The van der Waals surface area contributed by atoms with Crippen LogP contribution in [0.15, 0.2) is 24.3 Å². The van der Waals surface area contributed by atoms with Crippen LogP contribution < -0.4 is 15.8 Å². The Morgan fingerprint density at radius 1 is 1.37 bits per heavy atom. The molecule has 2 atom stereocenters. The molecule has 0 aromatic heterocycles. The van der Waals surface area contributed by atoms with Gasteiger partial charge < -0.3 is 15.8 Å². The van der Waals surface area contributed by atoms with E-state index in [-0.39, 0.29) is 17.9 Å². The second-order valence-corrected chi connectivity index (χ2v) is 4.97. The molecule has 0 saturated heterocycles. The van der Waals surface area contributed by atoms with Crippen LogP contribution >= 0.6 is 0 Å².